The monoisotopic (exact) mass is 290 g/mol. The average molecular weight is 290 g/mol. The van der Waals surface area contributed by atoms with E-state index in [1.54, 1.807) is 0 Å². The van der Waals surface area contributed by atoms with E-state index in [4.69, 9.17) is 0 Å². The number of nitrogens with one attached hydrogen (secondary N) is 2. The van der Waals surface area contributed by atoms with Crippen LogP contribution in [0.3, 0.4) is 0 Å². The minimum atomic E-state index is -4.45. The fourth-order valence-electron chi connectivity index (χ4n) is 1.59. The lowest BCUT2D eigenvalue weighted by Gasteiger charge is -2.13. The normalized spacial score (nSPS) is 12.8. The van der Waals surface area contributed by atoms with Crippen molar-refractivity contribution >= 4 is 11.7 Å². The first-order valence-electron chi connectivity index (χ1n) is 6.23. The number of aliphatic hydroxyl groups excluding tert-OH is 1. The van der Waals surface area contributed by atoms with Crippen molar-refractivity contribution in [2.24, 2.45) is 0 Å². The molecule has 20 heavy (non-hydrogen) atoms. The molecule has 0 saturated carbocycles. The van der Waals surface area contributed by atoms with Gasteiger partial charge in [0.15, 0.2) is 0 Å². The first-order chi connectivity index (χ1) is 9.32. The number of urea groups is 1. The van der Waals surface area contributed by atoms with Crippen molar-refractivity contribution in [3.8, 4) is 0 Å². The van der Waals surface area contributed by atoms with Gasteiger partial charge in [0.05, 0.1) is 11.7 Å². The first-order valence-corrected chi connectivity index (χ1v) is 6.23. The highest BCUT2D eigenvalue weighted by Crippen LogP contribution is 2.30. The molecule has 1 aromatic carbocycles. The molecule has 1 aromatic rings. The second kappa shape index (κ2) is 7.14. The number of anilines is 1. The standard InChI is InChI=1S/C13H17F3N2O2/c1-2-4-11(19)8-17-12(20)18-10-6-3-5-9(7-10)13(14,15)16/h3,5-7,11,19H,2,4,8H2,1H3,(H2,17,18,20). The van der Waals surface area contributed by atoms with E-state index in [0.29, 0.717) is 6.42 Å². The number of alkyl halides is 3. The Morgan fingerprint density at radius 1 is 1.40 bits per heavy atom. The van der Waals surface area contributed by atoms with Crippen LogP contribution in [0.15, 0.2) is 24.3 Å². The van der Waals surface area contributed by atoms with Crippen molar-refractivity contribution in [2.45, 2.75) is 32.0 Å². The molecule has 0 aliphatic heterocycles. The van der Waals surface area contributed by atoms with Gasteiger partial charge in [-0.25, -0.2) is 4.79 Å². The number of benzene rings is 1. The summed E-state index contributed by atoms with van der Waals surface area (Å²) in [6, 6.07) is 3.69. The van der Waals surface area contributed by atoms with E-state index >= 15 is 0 Å². The van der Waals surface area contributed by atoms with Gasteiger partial charge in [-0.15, -0.1) is 0 Å². The van der Waals surface area contributed by atoms with Crippen LogP contribution in [-0.4, -0.2) is 23.8 Å². The van der Waals surface area contributed by atoms with E-state index in [1.807, 2.05) is 6.92 Å². The third-order valence-corrected chi connectivity index (χ3v) is 2.57. The fourth-order valence-corrected chi connectivity index (χ4v) is 1.59. The number of hydrogen-bond acceptors (Lipinski definition) is 2. The molecule has 4 nitrogen and oxygen atoms in total. The summed E-state index contributed by atoms with van der Waals surface area (Å²) in [5.41, 5.74) is -0.788. The molecule has 1 rings (SSSR count). The largest absolute Gasteiger partial charge is 0.416 e. The molecule has 0 aliphatic carbocycles. The van der Waals surface area contributed by atoms with Gasteiger partial charge < -0.3 is 15.7 Å². The lowest BCUT2D eigenvalue weighted by atomic mass is 10.2. The van der Waals surface area contributed by atoms with Gasteiger partial charge in [-0.2, -0.15) is 13.2 Å². The topological polar surface area (TPSA) is 61.4 Å². The summed E-state index contributed by atoms with van der Waals surface area (Å²) in [7, 11) is 0. The Kier molecular flexibility index (Phi) is 5.82. The number of aliphatic hydroxyl groups is 1. The van der Waals surface area contributed by atoms with Gasteiger partial charge in [0, 0.05) is 12.2 Å². The fraction of sp³-hybridized carbons (Fsp3) is 0.462. The van der Waals surface area contributed by atoms with Gasteiger partial charge in [0.2, 0.25) is 0 Å². The molecule has 0 bridgehead atoms. The Hall–Kier alpha value is -1.76. The predicted octanol–water partition coefficient (Wildman–Crippen LogP) is 2.99. The SMILES string of the molecule is CCCC(O)CNC(=O)Nc1cccc(C(F)(F)F)c1. The summed E-state index contributed by atoms with van der Waals surface area (Å²) in [4.78, 5) is 11.5. The predicted molar refractivity (Wildman–Crippen MR) is 69.4 cm³/mol. The molecule has 0 spiro atoms. The summed E-state index contributed by atoms with van der Waals surface area (Å²) < 4.78 is 37.4. The van der Waals surface area contributed by atoms with Crippen LogP contribution in [0.1, 0.15) is 25.3 Å². The molecular weight excluding hydrogens is 273 g/mol. The van der Waals surface area contributed by atoms with Crippen LogP contribution in [-0.2, 0) is 6.18 Å². The Balaban J connectivity index is 2.54. The van der Waals surface area contributed by atoms with Crippen molar-refractivity contribution in [3.05, 3.63) is 29.8 Å². The number of halogens is 3. The molecule has 2 amide bonds. The number of rotatable bonds is 5. The van der Waals surface area contributed by atoms with E-state index in [1.165, 1.54) is 12.1 Å². The van der Waals surface area contributed by atoms with Crippen LogP contribution in [0.5, 0.6) is 0 Å². The van der Waals surface area contributed by atoms with Gasteiger partial charge in [0.1, 0.15) is 0 Å². The Bertz CT molecular complexity index is 449. The highest BCUT2D eigenvalue weighted by atomic mass is 19.4. The maximum absolute atomic E-state index is 12.5. The number of amides is 2. The van der Waals surface area contributed by atoms with Crippen LogP contribution in [0.25, 0.3) is 0 Å². The van der Waals surface area contributed by atoms with Crippen molar-refractivity contribution in [1.29, 1.82) is 0 Å². The number of hydrogen-bond donors (Lipinski definition) is 3. The molecule has 0 aliphatic rings. The number of carbonyl (C=O) groups is 1. The Morgan fingerprint density at radius 2 is 2.10 bits per heavy atom. The maximum Gasteiger partial charge on any atom is 0.416 e. The third-order valence-electron chi connectivity index (χ3n) is 2.57. The van der Waals surface area contributed by atoms with Crippen LogP contribution in [0.4, 0.5) is 23.7 Å². The molecule has 0 radical (unpaired) electrons. The zero-order valence-corrected chi connectivity index (χ0v) is 11.0. The quantitative estimate of drug-likeness (QED) is 0.780. The van der Waals surface area contributed by atoms with Gasteiger partial charge in [-0.3, -0.25) is 0 Å². The van der Waals surface area contributed by atoms with E-state index in [9.17, 15) is 23.1 Å². The van der Waals surface area contributed by atoms with E-state index in [2.05, 4.69) is 10.6 Å². The summed E-state index contributed by atoms with van der Waals surface area (Å²) >= 11 is 0. The molecule has 1 atom stereocenters. The molecule has 0 saturated heterocycles. The number of carbonyl (C=O) groups excluding carboxylic acids is 1. The lowest BCUT2D eigenvalue weighted by molar-refractivity contribution is -0.137. The van der Waals surface area contributed by atoms with Gasteiger partial charge in [-0.1, -0.05) is 19.4 Å². The first kappa shape index (κ1) is 16.3. The molecule has 0 heterocycles. The van der Waals surface area contributed by atoms with E-state index < -0.39 is 23.9 Å². The highest BCUT2D eigenvalue weighted by Gasteiger charge is 2.30. The second-order valence-corrected chi connectivity index (χ2v) is 4.36. The molecule has 112 valence electrons. The highest BCUT2D eigenvalue weighted by molar-refractivity contribution is 5.89. The molecule has 0 aromatic heterocycles. The third kappa shape index (κ3) is 5.48. The molecule has 3 N–H and O–H groups in total. The van der Waals surface area contributed by atoms with Gasteiger partial charge in [-0.05, 0) is 24.6 Å². The Labute approximate surface area is 115 Å². The summed E-state index contributed by atoms with van der Waals surface area (Å²) in [5.74, 6) is 0. The molecular formula is C13H17F3N2O2. The van der Waals surface area contributed by atoms with Crippen molar-refractivity contribution in [2.75, 3.05) is 11.9 Å². The average Bonchev–Trinajstić information content (AvgIpc) is 2.36. The van der Waals surface area contributed by atoms with E-state index in [-0.39, 0.29) is 12.2 Å². The zero-order chi connectivity index (χ0) is 15.2. The maximum atomic E-state index is 12.5. The smallest absolute Gasteiger partial charge is 0.391 e. The van der Waals surface area contributed by atoms with E-state index in [0.717, 1.165) is 18.6 Å². The minimum absolute atomic E-state index is 0.0438. The van der Waals surface area contributed by atoms with Crippen LogP contribution >= 0.6 is 0 Å². The zero-order valence-electron chi connectivity index (χ0n) is 11.0. The molecule has 7 heteroatoms. The van der Waals surface area contributed by atoms with Crippen LogP contribution in [0, 0.1) is 0 Å². The second-order valence-electron chi connectivity index (χ2n) is 4.36. The molecule has 0 fully saturated rings. The van der Waals surface area contributed by atoms with Crippen molar-refractivity contribution < 1.29 is 23.1 Å². The van der Waals surface area contributed by atoms with Crippen LogP contribution < -0.4 is 10.6 Å². The van der Waals surface area contributed by atoms with Crippen LogP contribution in [0.2, 0.25) is 0 Å². The van der Waals surface area contributed by atoms with Crippen molar-refractivity contribution in [3.63, 3.8) is 0 Å². The molecule has 1 unspecified atom stereocenters. The van der Waals surface area contributed by atoms with Gasteiger partial charge in [0.25, 0.3) is 0 Å². The van der Waals surface area contributed by atoms with Gasteiger partial charge >= 0.3 is 12.2 Å². The van der Waals surface area contributed by atoms with Crippen molar-refractivity contribution in [1.82, 2.24) is 5.32 Å². The summed E-state index contributed by atoms with van der Waals surface area (Å²) in [6.45, 7) is 1.95. The summed E-state index contributed by atoms with van der Waals surface area (Å²) in [6.07, 6.45) is -3.79. The summed E-state index contributed by atoms with van der Waals surface area (Å²) in [5, 5.41) is 14.1. The Morgan fingerprint density at radius 3 is 2.70 bits per heavy atom. The minimum Gasteiger partial charge on any atom is -0.391 e. The lowest BCUT2D eigenvalue weighted by Crippen LogP contribution is -2.35.